The summed E-state index contributed by atoms with van der Waals surface area (Å²) in [6.45, 7) is 5.21. The topological polar surface area (TPSA) is 26.3 Å². The summed E-state index contributed by atoms with van der Waals surface area (Å²) < 4.78 is 5.43. The Hall–Kier alpha value is -0.530. The lowest BCUT2D eigenvalue weighted by Crippen LogP contribution is -2.05. The molecule has 0 aliphatic rings. The maximum Gasteiger partial charge on any atom is 0.305 e. The highest BCUT2D eigenvalue weighted by molar-refractivity contribution is 5.69. The van der Waals surface area contributed by atoms with Crippen molar-refractivity contribution in [2.45, 2.75) is 251 Å². The van der Waals surface area contributed by atoms with Crippen molar-refractivity contribution in [3.8, 4) is 0 Å². The van der Waals surface area contributed by atoms with E-state index in [4.69, 9.17) is 4.74 Å². The van der Waals surface area contributed by atoms with Crippen molar-refractivity contribution in [1.82, 2.24) is 0 Å². The molecular formula is C41H82O2. The van der Waals surface area contributed by atoms with Gasteiger partial charge in [0.2, 0.25) is 0 Å². The van der Waals surface area contributed by atoms with Crippen LogP contribution in [0.1, 0.15) is 251 Å². The minimum atomic E-state index is 0.0257. The highest BCUT2D eigenvalue weighted by Gasteiger charge is 2.03. The van der Waals surface area contributed by atoms with Crippen LogP contribution in [0, 0.1) is 0 Å². The molecule has 0 radical (unpaired) electrons. The van der Waals surface area contributed by atoms with Crippen molar-refractivity contribution in [1.29, 1.82) is 0 Å². The van der Waals surface area contributed by atoms with Crippen LogP contribution >= 0.6 is 0 Å². The number of carbonyl (C=O) groups is 1. The molecule has 2 nitrogen and oxygen atoms in total. The molecule has 258 valence electrons. The molecule has 0 N–H and O–H groups in total. The van der Waals surface area contributed by atoms with Gasteiger partial charge in [-0.25, -0.2) is 0 Å². The van der Waals surface area contributed by atoms with Gasteiger partial charge in [-0.05, 0) is 12.8 Å². The van der Waals surface area contributed by atoms with Crippen molar-refractivity contribution >= 4 is 5.97 Å². The molecular weight excluding hydrogens is 524 g/mol. The predicted octanol–water partition coefficient (Wildman–Crippen LogP) is 15.0. The van der Waals surface area contributed by atoms with Crippen LogP contribution in [0.25, 0.3) is 0 Å². The average molecular weight is 607 g/mol. The SMILES string of the molecule is CCCCCCCCCCCCCCCCCCCCCCCCCCCCCOC(=O)CCCCCCCCCCC. The molecule has 0 saturated heterocycles. The van der Waals surface area contributed by atoms with Gasteiger partial charge in [-0.1, -0.05) is 232 Å². The molecule has 0 fully saturated rings. The number of ether oxygens (including phenoxy) is 1. The first-order chi connectivity index (χ1) is 21.3. The third kappa shape index (κ3) is 39.4. The van der Waals surface area contributed by atoms with E-state index in [9.17, 15) is 4.79 Å². The van der Waals surface area contributed by atoms with Gasteiger partial charge in [0.25, 0.3) is 0 Å². The number of carbonyl (C=O) groups excluding carboxylic acids is 1. The van der Waals surface area contributed by atoms with Crippen molar-refractivity contribution < 1.29 is 9.53 Å². The van der Waals surface area contributed by atoms with E-state index < -0.39 is 0 Å². The molecule has 0 aromatic carbocycles. The van der Waals surface area contributed by atoms with Gasteiger partial charge in [0.05, 0.1) is 6.61 Å². The highest BCUT2D eigenvalue weighted by Crippen LogP contribution is 2.16. The number of hydrogen-bond acceptors (Lipinski definition) is 2. The zero-order chi connectivity index (χ0) is 31.2. The molecule has 43 heavy (non-hydrogen) atoms. The van der Waals surface area contributed by atoms with E-state index in [0.29, 0.717) is 13.0 Å². The van der Waals surface area contributed by atoms with Crippen molar-refractivity contribution in [3.05, 3.63) is 0 Å². The summed E-state index contributed by atoms with van der Waals surface area (Å²) >= 11 is 0. The van der Waals surface area contributed by atoms with E-state index in [1.54, 1.807) is 0 Å². The largest absolute Gasteiger partial charge is 0.466 e. The van der Waals surface area contributed by atoms with Crippen LogP contribution < -0.4 is 0 Å². The van der Waals surface area contributed by atoms with E-state index >= 15 is 0 Å². The minimum absolute atomic E-state index is 0.0257. The highest BCUT2D eigenvalue weighted by atomic mass is 16.5. The fourth-order valence-electron chi connectivity index (χ4n) is 6.43. The third-order valence-electron chi connectivity index (χ3n) is 9.50. The van der Waals surface area contributed by atoms with Crippen LogP contribution in [-0.4, -0.2) is 12.6 Å². The van der Waals surface area contributed by atoms with Gasteiger partial charge in [0, 0.05) is 6.42 Å². The van der Waals surface area contributed by atoms with Crippen molar-refractivity contribution in [2.24, 2.45) is 0 Å². The second kappa shape index (κ2) is 39.5. The monoisotopic (exact) mass is 607 g/mol. The normalized spacial score (nSPS) is 11.4. The van der Waals surface area contributed by atoms with E-state index in [-0.39, 0.29) is 5.97 Å². The van der Waals surface area contributed by atoms with Gasteiger partial charge >= 0.3 is 5.97 Å². The molecule has 0 saturated carbocycles. The molecule has 0 aromatic rings. The first kappa shape index (κ1) is 42.5. The molecule has 0 heterocycles. The molecule has 0 aliphatic carbocycles. The van der Waals surface area contributed by atoms with Gasteiger partial charge in [0.15, 0.2) is 0 Å². The Balaban J connectivity index is 3.11. The summed E-state index contributed by atoms with van der Waals surface area (Å²) in [5.41, 5.74) is 0. The number of esters is 1. The van der Waals surface area contributed by atoms with Crippen LogP contribution in [0.3, 0.4) is 0 Å². The fourth-order valence-corrected chi connectivity index (χ4v) is 6.43. The Morgan fingerprint density at radius 3 is 0.767 bits per heavy atom. The van der Waals surface area contributed by atoms with E-state index in [0.717, 1.165) is 12.8 Å². The van der Waals surface area contributed by atoms with Gasteiger partial charge in [0.1, 0.15) is 0 Å². The molecule has 0 bridgehead atoms. The van der Waals surface area contributed by atoms with Gasteiger partial charge in [-0.2, -0.15) is 0 Å². The van der Waals surface area contributed by atoms with E-state index in [1.165, 1.54) is 218 Å². The summed E-state index contributed by atoms with van der Waals surface area (Å²) in [5, 5.41) is 0. The summed E-state index contributed by atoms with van der Waals surface area (Å²) in [4.78, 5) is 11.9. The first-order valence-electron chi connectivity index (χ1n) is 20.5. The average Bonchev–Trinajstić information content (AvgIpc) is 3.01. The van der Waals surface area contributed by atoms with Crippen LogP contribution in [0.4, 0.5) is 0 Å². The maximum atomic E-state index is 11.9. The quantitative estimate of drug-likeness (QED) is 0.0516. The standard InChI is InChI=1S/C41H82O2/c1-3-5-7-9-11-13-14-15-16-17-18-19-20-21-22-23-24-25-26-27-28-29-30-32-34-36-38-40-43-41(42)39-37-35-33-31-12-10-8-6-4-2/h3-40H2,1-2H3. The van der Waals surface area contributed by atoms with Crippen molar-refractivity contribution in [3.63, 3.8) is 0 Å². The number of unbranched alkanes of at least 4 members (excludes halogenated alkanes) is 34. The Morgan fingerprint density at radius 2 is 0.512 bits per heavy atom. The fraction of sp³-hybridized carbons (Fsp3) is 0.976. The molecule has 2 heteroatoms. The lowest BCUT2D eigenvalue weighted by atomic mass is 10.0. The second-order valence-corrected chi connectivity index (χ2v) is 14.0. The van der Waals surface area contributed by atoms with Gasteiger partial charge in [-0.15, -0.1) is 0 Å². The van der Waals surface area contributed by atoms with E-state index in [1.807, 2.05) is 0 Å². The molecule has 0 aromatic heterocycles. The van der Waals surface area contributed by atoms with Crippen LogP contribution in [0.15, 0.2) is 0 Å². The summed E-state index contributed by atoms with van der Waals surface area (Å²) in [6.07, 6.45) is 50.6. The second-order valence-electron chi connectivity index (χ2n) is 14.0. The Bertz CT molecular complexity index is 502. The summed E-state index contributed by atoms with van der Waals surface area (Å²) in [7, 11) is 0. The third-order valence-corrected chi connectivity index (χ3v) is 9.50. The lowest BCUT2D eigenvalue weighted by Gasteiger charge is -2.06. The molecule has 0 unspecified atom stereocenters. The number of hydrogen-bond donors (Lipinski definition) is 0. The minimum Gasteiger partial charge on any atom is -0.466 e. The van der Waals surface area contributed by atoms with Crippen molar-refractivity contribution in [2.75, 3.05) is 6.61 Å². The maximum absolute atomic E-state index is 11.9. The number of rotatable bonds is 38. The van der Waals surface area contributed by atoms with Gasteiger partial charge < -0.3 is 4.74 Å². The zero-order valence-electron chi connectivity index (χ0n) is 30.2. The zero-order valence-corrected chi connectivity index (χ0v) is 30.2. The van der Waals surface area contributed by atoms with Crippen LogP contribution in [0.2, 0.25) is 0 Å². The summed E-state index contributed by atoms with van der Waals surface area (Å²) in [5.74, 6) is 0.0257. The molecule has 0 spiro atoms. The van der Waals surface area contributed by atoms with Crippen LogP contribution in [0.5, 0.6) is 0 Å². The molecule has 0 atom stereocenters. The smallest absolute Gasteiger partial charge is 0.305 e. The Kier molecular flexibility index (Phi) is 39.0. The Labute approximate surface area is 273 Å². The summed E-state index contributed by atoms with van der Waals surface area (Å²) in [6, 6.07) is 0. The van der Waals surface area contributed by atoms with E-state index in [2.05, 4.69) is 13.8 Å². The molecule has 0 aliphatic heterocycles. The van der Waals surface area contributed by atoms with Gasteiger partial charge in [-0.3, -0.25) is 4.79 Å². The lowest BCUT2D eigenvalue weighted by molar-refractivity contribution is -0.143. The first-order valence-corrected chi connectivity index (χ1v) is 20.5. The predicted molar refractivity (Wildman–Crippen MR) is 193 cm³/mol. The molecule has 0 amide bonds. The Morgan fingerprint density at radius 1 is 0.302 bits per heavy atom. The molecule has 0 rings (SSSR count). The van der Waals surface area contributed by atoms with Crippen LogP contribution in [-0.2, 0) is 9.53 Å².